The Morgan fingerprint density at radius 3 is 2.17 bits per heavy atom. The molecule has 2 aromatic carbocycles. The van der Waals surface area contributed by atoms with Crippen molar-refractivity contribution in [1.82, 2.24) is 0 Å². The summed E-state index contributed by atoms with van der Waals surface area (Å²) in [7, 11) is 0. The molecule has 29 heavy (non-hydrogen) atoms. The molecule has 5 nitrogen and oxygen atoms in total. The number of halogens is 2. The van der Waals surface area contributed by atoms with Gasteiger partial charge in [0.1, 0.15) is 24.1 Å². The predicted octanol–water partition coefficient (Wildman–Crippen LogP) is 5.08. The molecule has 0 aliphatic carbocycles. The molecule has 0 N–H and O–H groups in total. The molecule has 0 aromatic heterocycles. The Hall–Kier alpha value is -3.74. The van der Waals surface area contributed by atoms with Gasteiger partial charge in [-0.2, -0.15) is 0 Å². The molecule has 2 aromatic rings. The maximum Gasteiger partial charge on any atom is 0.338 e. The van der Waals surface area contributed by atoms with Crippen molar-refractivity contribution in [3.8, 4) is 22.6 Å². The maximum atomic E-state index is 14.4. The monoisotopic (exact) mass is 400 g/mol. The zero-order chi connectivity index (χ0) is 21.6. The number of benzene rings is 2. The summed E-state index contributed by atoms with van der Waals surface area (Å²) in [5.41, 5.74) is 0.704. The summed E-state index contributed by atoms with van der Waals surface area (Å²) in [6.45, 7) is 9.77. The van der Waals surface area contributed by atoms with Gasteiger partial charge in [0.15, 0.2) is 11.6 Å². The van der Waals surface area contributed by atoms with Crippen molar-refractivity contribution in [2.45, 2.75) is 13.8 Å². The van der Waals surface area contributed by atoms with E-state index in [2.05, 4.69) is 13.2 Å². The van der Waals surface area contributed by atoms with E-state index in [1.54, 1.807) is 0 Å². The summed E-state index contributed by atoms with van der Waals surface area (Å²) in [5.74, 6) is -3.00. The quantitative estimate of drug-likeness (QED) is 0.281. The van der Waals surface area contributed by atoms with Crippen LogP contribution < -0.4 is 9.47 Å². The lowest BCUT2D eigenvalue weighted by Crippen LogP contribution is -2.09. The third-order valence-electron chi connectivity index (χ3n) is 3.52. The van der Waals surface area contributed by atoms with Crippen LogP contribution in [-0.2, 0) is 14.3 Å². The van der Waals surface area contributed by atoms with E-state index in [0.717, 1.165) is 24.7 Å². The Kier molecular flexibility index (Phi) is 7.03. The molecule has 0 unspecified atom stereocenters. The summed E-state index contributed by atoms with van der Waals surface area (Å²) >= 11 is 0. The van der Waals surface area contributed by atoms with Crippen LogP contribution >= 0.6 is 0 Å². The minimum absolute atomic E-state index is 0.117. The van der Waals surface area contributed by atoms with E-state index in [4.69, 9.17) is 14.2 Å². The lowest BCUT2D eigenvalue weighted by Gasteiger charge is -2.09. The normalized spacial score (nSPS) is 10.5. The molecule has 0 radical (unpaired) electrons. The second-order valence-electron chi connectivity index (χ2n) is 6.03. The van der Waals surface area contributed by atoms with Crippen LogP contribution in [0.25, 0.3) is 11.1 Å². The molecule has 150 valence electrons. The second kappa shape index (κ2) is 9.45. The zero-order valence-corrected chi connectivity index (χ0v) is 15.8. The van der Waals surface area contributed by atoms with Crippen molar-refractivity contribution in [2.75, 3.05) is 0 Å². The molecule has 0 saturated carbocycles. The van der Waals surface area contributed by atoms with Crippen molar-refractivity contribution in [3.05, 3.63) is 84.9 Å². The molecule has 0 aliphatic rings. The number of esters is 2. The number of carbonyl (C=O) groups excluding carboxylic acids is 2. The van der Waals surface area contributed by atoms with Gasteiger partial charge in [-0.15, -0.1) is 0 Å². The van der Waals surface area contributed by atoms with Crippen LogP contribution in [0.15, 0.2) is 73.2 Å². The van der Waals surface area contributed by atoms with Crippen molar-refractivity contribution < 1.29 is 32.6 Å². The van der Waals surface area contributed by atoms with Crippen molar-refractivity contribution in [2.24, 2.45) is 0 Å². The van der Waals surface area contributed by atoms with E-state index < -0.39 is 23.6 Å². The van der Waals surface area contributed by atoms with Crippen molar-refractivity contribution in [3.63, 3.8) is 0 Å². The third-order valence-corrected chi connectivity index (χ3v) is 3.52. The van der Waals surface area contributed by atoms with Gasteiger partial charge in [-0.25, -0.2) is 18.4 Å². The Morgan fingerprint density at radius 2 is 1.59 bits per heavy atom. The minimum Gasteiger partial charge on any atom is -0.462 e. The van der Waals surface area contributed by atoms with Crippen molar-refractivity contribution >= 4 is 11.9 Å². The van der Waals surface area contributed by atoms with E-state index in [0.29, 0.717) is 0 Å². The maximum absolute atomic E-state index is 14.4. The Labute approximate surface area is 166 Å². The Bertz CT molecular complexity index is 1010. The number of hydrogen-bond acceptors (Lipinski definition) is 5. The summed E-state index contributed by atoms with van der Waals surface area (Å²) in [5, 5.41) is 0. The van der Waals surface area contributed by atoms with Crippen LogP contribution in [0.5, 0.6) is 11.5 Å². The molecule has 2 rings (SSSR count). The topological polar surface area (TPSA) is 61.8 Å². The summed E-state index contributed by atoms with van der Waals surface area (Å²) in [6.07, 6.45) is 2.07. The first-order valence-corrected chi connectivity index (χ1v) is 8.34. The van der Waals surface area contributed by atoms with Crippen LogP contribution in [0.3, 0.4) is 0 Å². The fraction of sp³-hybridized carbons (Fsp3) is 0.0909. The standard InChI is InChI=1S/C22H18F2O5/c1-13(2)21(25)28-10-9-27-16-6-7-17(18(23)12-16)15-5-8-20(19(24)11-15)29-22(26)14(3)4/h5-12H,1,3H2,2,4H3/b10-9-. The summed E-state index contributed by atoms with van der Waals surface area (Å²) < 4.78 is 43.3. The molecular formula is C22H18F2O5. The van der Waals surface area contributed by atoms with E-state index in [1.807, 2.05) is 0 Å². The first kappa shape index (κ1) is 21.6. The van der Waals surface area contributed by atoms with Crippen LogP contribution in [0, 0.1) is 11.6 Å². The van der Waals surface area contributed by atoms with Crippen LogP contribution in [0.4, 0.5) is 8.78 Å². The second-order valence-corrected chi connectivity index (χ2v) is 6.03. The minimum atomic E-state index is -0.820. The molecule has 0 bridgehead atoms. The fourth-order valence-electron chi connectivity index (χ4n) is 2.04. The molecule has 7 heteroatoms. The molecule has 0 fully saturated rings. The van der Waals surface area contributed by atoms with E-state index >= 15 is 0 Å². The van der Waals surface area contributed by atoms with Crippen LogP contribution in [0.1, 0.15) is 13.8 Å². The molecular weight excluding hydrogens is 382 g/mol. The van der Waals surface area contributed by atoms with Crippen LogP contribution in [-0.4, -0.2) is 11.9 Å². The molecule has 0 heterocycles. The van der Waals surface area contributed by atoms with Gasteiger partial charge in [0.25, 0.3) is 0 Å². The third kappa shape index (κ3) is 5.87. The Morgan fingerprint density at radius 1 is 0.897 bits per heavy atom. The highest BCUT2D eigenvalue weighted by molar-refractivity contribution is 5.89. The molecule has 0 saturated heterocycles. The average Bonchev–Trinajstić information content (AvgIpc) is 2.66. The first-order valence-electron chi connectivity index (χ1n) is 8.34. The van der Waals surface area contributed by atoms with Gasteiger partial charge in [-0.05, 0) is 43.7 Å². The van der Waals surface area contributed by atoms with Gasteiger partial charge < -0.3 is 14.2 Å². The predicted molar refractivity (Wildman–Crippen MR) is 103 cm³/mol. The summed E-state index contributed by atoms with van der Waals surface area (Å²) in [6, 6.07) is 7.64. The average molecular weight is 400 g/mol. The molecule has 0 spiro atoms. The number of ether oxygens (including phenoxy) is 3. The number of hydrogen-bond donors (Lipinski definition) is 0. The number of rotatable bonds is 7. The fourth-order valence-corrected chi connectivity index (χ4v) is 2.04. The van der Waals surface area contributed by atoms with Gasteiger partial charge in [0.2, 0.25) is 0 Å². The van der Waals surface area contributed by atoms with Gasteiger partial charge in [-0.3, -0.25) is 0 Å². The highest BCUT2D eigenvalue weighted by Crippen LogP contribution is 2.30. The zero-order valence-electron chi connectivity index (χ0n) is 15.8. The molecule has 0 atom stereocenters. The molecule has 0 amide bonds. The lowest BCUT2D eigenvalue weighted by molar-refractivity contribution is -0.133. The number of carbonyl (C=O) groups is 2. The van der Waals surface area contributed by atoms with Gasteiger partial charge in [0, 0.05) is 22.8 Å². The van der Waals surface area contributed by atoms with E-state index in [9.17, 15) is 18.4 Å². The summed E-state index contributed by atoms with van der Waals surface area (Å²) in [4.78, 5) is 22.7. The molecule has 0 aliphatic heterocycles. The highest BCUT2D eigenvalue weighted by Gasteiger charge is 2.13. The SMILES string of the molecule is C=C(C)C(=O)O/C=C\Oc1ccc(-c2ccc(OC(=O)C(=C)C)c(F)c2)c(F)c1. The first-order chi connectivity index (χ1) is 13.7. The van der Waals surface area contributed by atoms with E-state index in [1.165, 1.54) is 38.1 Å². The lowest BCUT2D eigenvalue weighted by atomic mass is 10.0. The van der Waals surface area contributed by atoms with E-state index in [-0.39, 0.29) is 33.8 Å². The smallest absolute Gasteiger partial charge is 0.338 e. The largest absolute Gasteiger partial charge is 0.462 e. The van der Waals surface area contributed by atoms with Gasteiger partial charge in [0.05, 0.1) is 0 Å². The Balaban J connectivity index is 2.12. The van der Waals surface area contributed by atoms with Gasteiger partial charge in [-0.1, -0.05) is 19.2 Å². The van der Waals surface area contributed by atoms with Crippen molar-refractivity contribution in [1.29, 1.82) is 0 Å². The van der Waals surface area contributed by atoms with Gasteiger partial charge >= 0.3 is 11.9 Å². The van der Waals surface area contributed by atoms with Crippen LogP contribution in [0.2, 0.25) is 0 Å². The highest BCUT2D eigenvalue weighted by atomic mass is 19.1.